The molecule has 2 aliphatic heterocycles. The average Bonchev–Trinajstić information content (AvgIpc) is 2.86. The van der Waals surface area contributed by atoms with Crippen LogP contribution < -0.4 is 4.72 Å². The third kappa shape index (κ3) is 4.64. The van der Waals surface area contributed by atoms with Crippen LogP contribution in [0.25, 0.3) is 0 Å². The highest BCUT2D eigenvalue weighted by Crippen LogP contribution is 2.33. The molecule has 2 aliphatic rings. The van der Waals surface area contributed by atoms with Crippen molar-refractivity contribution in [3.8, 4) is 0 Å². The molecule has 0 amide bonds. The molecule has 3 rings (SSSR count). The normalized spacial score (nSPS) is 27.9. The van der Waals surface area contributed by atoms with Crippen LogP contribution in [0.2, 0.25) is 0 Å². The van der Waals surface area contributed by atoms with Crippen LogP contribution in [0, 0.1) is 6.92 Å². The number of nitrogens with zero attached hydrogens (tertiary/aromatic N) is 1. The van der Waals surface area contributed by atoms with E-state index < -0.39 is 10.0 Å². The van der Waals surface area contributed by atoms with Crippen molar-refractivity contribution in [3.05, 3.63) is 29.8 Å². The van der Waals surface area contributed by atoms with Crippen LogP contribution in [0.1, 0.15) is 32.3 Å². The average molecular weight is 383 g/mol. The minimum absolute atomic E-state index is 0.120. The number of sulfonamides is 1. The monoisotopic (exact) mass is 382 g/mol. The molecule has 1 aromatic rings. The predicted octanol–water partition coefficient (Wildman–Crippen LogP) is 1.93. The molecule has 146 valence electrons. The molecule has 6 nitrogen and oxygen atoms in total. The Morgan fingerprint density at radius 2 is 2.19 bits per heavy atom. The second-order valence-corrected chi connectivity index (χ2v) is 9.51. The van der Waals surface area contributed by atoms with Gasteiger partial charge in [-0.05, 0) is 51.3 Å². The van der Waals surface area contributed by atoms with Crippen LogP contribution in [-0.4, -0.2) is 63.9 Å². The highest BCUT2D eigenvalue weighted by molar-refractivity contribution is 7.89. The van der Waals surface area contributed by atoms with Crippen LogP contribution in [-0.2, 0) is 19.5 Å². The summed E-state index contributed by atoms with van der Waals surface area (Å²) >= 11 is 0. The molecule has 2 atom stereocenters. The summed E-state index contributed by atoms with van der Waals surface area (Å²) in [6.07, 6.45) is 1.61. The van der Waals surface area contributed by atoms with E-state index in [9.17, 15) is 8.42 Å². The van der Waals surface area contributed by atoms with Crippen molar-refractivity contribution in [2.45, 2.75) is 56.3 Å². The Kier molecular flexibility index (Phi) is 6.04. The second-order valence-electron chi connectivity index (χ2n) is 7.75. The van der Waals surface area contributed by atoms with Gasteiger partial charge in [0.15, 0.2) is 0 Å². The van der Waals surface area contributed by atoms with E-state index in [1.165, 1.54) is 0 Å². The van der Waals surface area contributed by atoms with E-state index in [-0.39, 0.29) is 11.7 Å². The fourth-order valence-electron chi connectivity index (χ4n) is 3.71. The Labute approximate surface area is 156 Å². The second kappa shape index (κ2) is 7.94. The topological polar surface area (TPSA) is 67.9 Å². The Hall–Kier alpha value is -0.990. The number of aryl methyl sites for hydroxylation is 1. The first kappa shape index (κ1) is 19.8. The molecule has 0 radical (unpaired) electrons. The first-order chi connectivity index (χ1) is 12.3. The van der Waals surface area contributed by atoms with E-state index in [2.05, 4.69) is 23.5 Å². The molecule has 0 unspecified atom stereocenters. The van der Waals surface area contributed by atoms with Crippen molar-refractivity contribution in [2.75, 3.05) is 32.8 Å². The molecule has 2 fully saturated rings. The third-order valence-corrected chi connectivity index (χ3v) is 6.67. The van der Waals surface area contributed by atoms with E-state index >= 15 is 0 Å². The lowest BCUT2D eigenvalue weighted by molar-refractivity contribution is -0.0855. The van der Waals surface area contributed by atoms with Gasteiger partial charge in [0.1, 0.15) is 5.60 Å². The van der Waals surface area contributed by atoms with Crippen LogP contribution >= 0.6 is 0 Å². The summed E-state index contributed by atoms with van der Waals surface area (Å²) in [5, 5.41) is 0. The zero-order valence-electron chi connectivity index (χ0n) is 15.9. The smallest absolute Gasteiger partial charge is 0.240 e. The summed E-state index contributed by atoms with van der Waals surface area (Å²) in [4.78, 5) is 2.68. The van der Waals surface area contributed by atoms with E-state index in [4.69, 9.17) is 9.47 Å². The quantitative estimate of drug-likeness (QED) is 0.843. The van der Waals surface area contributed by atoms with Crippen LogP contribution in [0.15, 0.2) is 29.2 Å². The van der Waals surface area contributed by atoms with Gasteiger partial charge in [0.2, 0.25) is 10.0 Å². The zero-order valence-corrected chi connectivity index (χ0v) is 16.7. The Bertz CT molecular complexity index is 722. The molecule has 7 heteroatoms. The molecule has 26 heavy (non-hydrogen) atoms. The van der Waals surface area contributed by atoms with Gasteiger partial charge in [0.05, 0.1) is 24.2 Å². The van der Waals surface area contributed by atoms with Crippen LogP contribution in [0.5, 0.6) is 0 Å². The number of hydrogen-bond acceptors (Lipinski definition) is 5. The first-order valence-corrected chi connectivity index (χ1v) is 10.8. The summed E-state index contributed by atoms with van der Waals surface area (Å²) in [5.74, 6) is 0. The van der Waals surface area contributed by atoms with Gasteiger partial charge in [-0.2, -0.15) is 0 Å². The van der Waals surface area contributed by atoms with Crippen molar-refractivity contribution >= 4 is 10.0 Å². The molecule has 2 saturated heterocycles. The van der Waals surface area contributed by atoms with Gasteiger partial charge in [-0.1, -0.05) is 12.1 Å². The molecular formula is C19H30N2O4S. The molecule has 1 spiro atoms. The fraction of sp³-hybridized carbons (Fsp3) is 0.684. The van der Waals surface area contributed by atoms with Gasteiger partial charge in [-0.15, -0.1) is 0 Å². The van der Waals surface area contributed by atoms with Crippen molar-refractivity contribution in [1.82, 2.24) is 9.62 Å². The zero-order chi connectivity index (χ0) is 18.8. The lowest BCUT2D eigenvalue weighted by atomic mass is 9.99. The number of ether oxygens (including phenoxy) is 2. The number of hydrogen-bond donors (Lipinski definition) is 1. The van der Waals surface area contributed by atoms with Gasteiger partial charge in [-0.3, -0.25) is 4.90 Å². The summed E-state index contributed by atoms with van der Waals surface area (Å²) < 4.78 is 39.8. The van der Waals surface area contributed by atoms with E-state index in [0.29, 0.717) is 30.7 Å². The molecule has 0 bridgehead atoms. The highest BCUT2D eigenvalue weighted by atomic mass is 32.2. The van der Waals surface area contributed by atoms with Crippen molar-refractivity contribution in [3.63, 3.8) is 0 Å². The summed E-state index contributed by atoms with van der Waals surface area (Å²) in [7, 11) is -3.52. The SMILES string of the molecule is Cc1cccc(S(=O)(=O)NC[C@H]2CC[C@]3(COCCN(C(C)C)C3)O2)c1. The summed E-state index contributed by atoms with van der Waals surface area (Å²) in [6, 6.07) is 7.38. The van der Waals surface area contributed by atoms with Crippen molar-refractivity contribution in [1.29, 1.82) is 0 Å². The Morgan fingerprint density at radius 1 is 1.38 bits per heavy atom. The maximum Gasteiger partial charge on any atom is 0.240 e. The molecular weight excluding hydrogens is 352 g/mol. The largest absolute Gasteiger partial charge is 0.377 e. The number of benzene rings is 1. The maximum atomic E-state index is 12.5. The maximum absolute atomic E-state index is 12.5. The molecule has 0 aliphatic carbocycles. The lowest BCUT2D eigenvalue weighted by Crippen LogP contribution is -2.47. The Morgan fingerprint density at radius 3 is 2.92 bits per heavy atom. The van der Waals surface area contributed by atoms with Crippen LogP contribution in [0.4, 0.5) is 0 Å². The van der Waals surface area contributed by atoms with Gasteiger partial charge in [0.25, 0.3) is 0 Å². The number of rotatable bonds is 5. The van der Waals surface area contributed by atoms with E-state index in [1.807, 2.05) is 13.0 Å². The molecule has 2 heterocycles. The lowest BCUT2D eigenvalue weighted by Gasteiger charge is -2.34. The molecule has 1 aromatic carbocycles. The minimum atomic E-state index is -3.52. The van der Waals surface area contributed by atoms with Gasteiger partial charge >= 0.3 is 0 Å². The number of nitrogens with one attached hydrogen (secondary N) is 1. The molecule has 1 N–H and O–H groups in total. The standard InChI is InChI=1S/C19H30N2O4S/c1-15(2)21-9-10-24-14-19(13-21)8-7-17(25-19)12-20-26(22,23)18-6-4-5-16(3)11-18/h4-6,11,15,17,20H,7-10,12-14H2,1-3H3/t17-,19+/m1/s1. The summed E-state index contributed by atoms with van der Waals surface area (Å²) in [5.41, 5.74) is 0.605. The van der Waals surface area contributed by atoms with Crippen molar-refractivity contribution < 1.29 is 17.9 Å². The van der Waals surface area contributed by atoms with Crippen LogP contribution in [0.3, 0.4) is 0 Å². The van der Waals surface area contributed by atoms with Gasteiger partial charge in [0, 0.05) is 25.7 Å². The van der Waals surface area contributed by atoms with Crippen molar-refractivity contribution in [2.24, 2.45) is 0 Å². The molecule has 0 aromatic heterocycles. The van der Waals surface area contributed by atoms with E-state index in [1.54, 1.807) is 18.2 Å². The van der Waals surface area contributed by atoms with Gasteiger partial charge in [-0.25, -0.2) is 13.1 Å². The minimum Gasteiger partial charge on any atom is -0.377 e. The molecule has 0 saturated carbocycles. The predicted molar refractivity (Wildman–Crippen MR) is 101 cm³/mol. The Balaban J connectivity index is 1.60. The third-order valence-electron chi connectivity index (χ3n) is 5.25. The summed E-state index contributed by atoms with van der Waals surface area (Å²) in [6.45, 7) is 9.59. The van der Waals surface area contributed by atoms with E-state index in [0.717, 1.165) is 31.5 Å². The fourth-order valence-corrected chi connectivity index (χ4v) is 4.88. The first-order valence-electron chi connectivity index (χ1n) is 9.36. The van der Waals surface area contributed by atoms with Gasteiger partial charge < -0.3 is 9.47 Å². The highest BCUT2D eigenvalue weighted by Gasteiger charge is 2.43.